The van der Waals surface area contributed by atoms with E-state index in [9.17, 15) is 23.1 Å². The van der Waals surface area contributed by atoms with Gasteiger partial charge in [-0.05, 0) is 18.4 Å². The van der Waals surface area contributed by atoms with Crippen LogP contribution in [0.3, 0.4) is 0 Å². The van der Waals surface area contributed by atoms with Crippen LogP contribution in [0.1, 0.15) is 24.3 Å². The van der Waals surface area contributed by atoms with Gasteiger partial charge < -0.3 is 14.9 Å². The molecule has 2 aromatic rings. The van der Waals surface area contributed by atoms with Gasteiger partial charge in [0.25, 0.3) is 0 Å². The number of halogens is 3. The number of hydrogen-bond acceptors (Lipinski definition) is 6. The van der Waals surface area contributed by atoms with Crippen LogP contribution in [0.15, 0.2) is 28.8 Å². The Hall–Kier alpha value is -2.66. The molecule has 27 heavy (non-hydrogen) atoms. The number of rotatable bonds is 6. The van der Waals surface area contributed by atoms with Crippen LogP contribution >= 0.6 is 0 Å². The molecule has 0 unspecified atom stereocenters. The van der Waals surface area contributed by atoms with Gasteiger partial charge in [-0.15, -0.1) is 0 Å². The zero-order valence-electron chi connectivity index (χ0n) is 14.3. The normalized spacial score (nSPS) is 15.4. The Morgan fingerprint density at radius 2 is 2.04 bits per heavy atom. The summed E-state index contributed by atoms with van der Waals surface area (Å²) in [5.41, 5.74) is 0.180. The van der Waals surface area contributed by atoms with Gasteiger partial charge >= 0.3 is 18.1 Å². The zero-order valence-corrected chi connectivity index (χ0v) is 14.3. The molecule has 2 amide bonds. The smallest absolute Gasteiger partial charge is 0.388 e. The summed E-state index contributed by atoms with van der Waals surface area (Å²) in [6, 6.07) is 5.73. The minimum atomic E-state index is -4.70. The number of urea groups is 1. The number of carbonyl (C=O) groups is 1. The van der Waals surface area contributed by atoms with Crippen molar-refractivity contribution >= 4 is 6.03 Å². The van der Waals surface area contributed by atoms with Crippen molar-refractivity contribution in [1.82, 2.24) is 20.5 Å². The Bertz CT molecular complexity index is 803. The molecule has 0 aliphatic heterocycles. The molecular formula is C16H17F3N4O4. The fourth-order valence-corrected chi connectivity index (χ4v) is 2.25. The van der Waals surface area contributed by atoms with Crippen molar-refractivity contribution in [3.63, 3.8) is 0 Å². The topological polar surface area (TPSA) is 101 Å². The Morgan fingerprint density at radius 1 is 1.37 bits per heavy atom. The minimum Gasteiger partial charge on any atom is -0.388 e. The van der Waals surface area contributed by atoms with Crippen molar-refractivity contribution in [2.24, 2.45) is 0 Å². The van der Waals surface area contributed by atoms with E-state index < -0.39 is 23.7 Å². The second kappa shape index (κ2) is 7.16. The number of carbonyl (C=O) groups excluding carboxylic acids is 1. The summed E-state index contributed by atoms with van der Waals surface area (Å²) in [6.07, 6.45) is -3.41. The van der Waals surface area contributed by atoms with Crippen LogP contribution in [-0.4, -0.2) is 45.6 Å². The maximum absolute atomic E-state index is 12.5. The molecule has 8 nitrogen and oxygen atoms in total. The predicted molar refractivity (Wildman–Crippen MR) is 84.9 cm³/mol. The highest BCUT2D eigenvalue weighted by Crippen LogP contribution is 2.34. The molecule has 146 valence electrons. The van der Waals surface area contributed by atoms with Crippen LogP contribution in [0.5, 0.6) is 0 Å². The second-order valence-electron chi connectivity index (χ2n) is 6.22. The SMILES string of the molecule is CON(Cc1ccc(-c2noc(C(F)(F)F)n2)cc1)C(=O)NCC1(O)CC1. The lowest BCUT2D eigenvalue weighted by atomic mass is 10.1. The van der Waals surface area contributed by atoms with E-state index >= 15 is 0 Å². The number of amides is 2. The lowest BCUT2D eigenvalue weighted by molar-refractivity contribution is -0.159. The lowest BCUT2D eigenvalue weighted by Crippen LogP contribution is -2.42. The first kappa shape index (κ1) is 19.1. The molecule has 1 saturated carbocycles. The van der Waals surface area contributed by atoms with Gasteiger partial charge in [0.15, 0.2) is 0 Å². The Morgan fingerprint density at radius 3 is 2.56 bits per heavy atom. The summed E-state index contributed by atoms with van der Waals surface area (Å²) in [4.78, 5) is 20.4. The molecule has 0 saturated heterocycles. The number of nitrogens with zero attached hydrogens (tertiary/aromatic N) is 3. The highest BCUT2D eigenvalue weighted by Gasteiger charge is 2.41. The van der Waals surface area contributed by atoms with Gasteiger partial charge in [0.1, 0.15) is 0 Å². The summed E-state index contributed by atoms with van der Waals surface area (Å²) in [7, 11) is 1.33. The number of hydrogen-bond donors (Lipinski definition) is 2. The molecule has 0 radical (unpaired) electrons. The van der Waals surface area contributed by atoms with Crippen LogP contribution in [0.25, 0.3) is 11.4 Å². The molecule has 0 atom stereocenters. The number of hydroxylamine groups is 2. The van der Waals surface area contributed by atoms with E-state index in [1.54, 1.807) is 12.1 Å². The molecule has 1 aliphatic rings. The van der Waals surface area contributed by atoms with E-state index in [-0.39, 0.29) is 18.9 Å². The van der Waals surface area contributed by atoms with Gasteiger partial charge in [-0.25, -0.2) is 4.79 Å². The largest absolute Gasteiger partial charge is 0.471 e. The molecule has 0 spiro atoms. The van der Waals surface area contributed by atoms with Crippen molar-refractivity contribution < 1.29 is 32.4 Å². The average Bonchev–Trinajstić information content (AvgIpc) is 3.15. The third-order valence-electron chi connectivity index (χ3n) is 4.05. The fraction of sp³-hybridized carbons (Fsp3) is 0.438. The number of aliphatic hydroxyl groups is 1. The van der Waals surface area contributed by atoms with E-state index in [4.69, 9.17) is 4.84 Å². The first-order valence-corrected chi connectivity index (χ1v) is 8.02. The maximum Gasteiger partial charge on any atom is 0.471 e. The van der Waals surface area contributed by atoms with E-state index in [1.165, 1.54) is 19.2 Å². The van der Waals surface area contributed by atoms with Crippen molar-refractivity contribution in [2.75, 3.05) is 13.7 Å². The van der Waals surface area contributed by atoms with Crippen molar-refractivity contribution in [3.8, 4) is 11.4 Å². The van der Waals surface area contributed by atoms with Gasteiger partial charge in [0.2, 0.25) is 5.82 Å². The summed E-state index contributed by atoms with van der Waals surface area (Å²) in [5, 5.41) is 16.7. The Labute approximate surface area is 151 Å². The van der Waals surface area contributed by atoms with Crippen LogP contribution < -0.4 is 5.32 Å². The molecule has 1 fully saturated rings. The second-order valence-corrected chi connectivity index (χ2v) is 6.22. The number of alkyl halides is 3. The first-order chi connectivity index (χ1) is 12.7. The van der Waals surface area contributed by atoms with E-state index in [0.717, 1.165) is 5.06 Å². The van der Waals surface area contributed by atoms with Crippen LogP contribution in [-0.2, 0) is 17.6 Å². The summed E-state index contributed by atoms with van der Waals surface area (Å²) < 4.78 is 41.7. The third kappa shape index (κ3) is 4.74. The van der Waals surface area contributed by atoms with Crippen molar-refractivity contribution in [3.05, 3.63) is 35.7 Å². The summed E-state index contributed by atoms with van der Waals surface area (Å²) >= 11 is 0. The molecule has 2 N–H and O–H groups in total. The molecule has 1 heterocycles. The number of nitrogens with one attached hydrogen (secondary N) is 1. The predicted octanol–water partition coefficient (Wildman–Crippen LogP) is 2.35. The fourth-order valence-electron chi connectivity index (χ4n) is 2.25. The lowest BCUT2D eigenvalue weighted by Gasteiger charge is -2.21. The van der Waals surface area contributed by atoms with Gasteiger partial charge in [0.05, 0.1) is 19.3 Å². The summed E-state index contributed by atoms with van der Waals surface area (Å²) in [5.74, 6) is -1.60. The van der Waals surface area contributed by atoms with Crippen molar-refractivity contribution in [1.29, 1.82) is 0 Å². The maximum atomic E-state index is 12.5. The quantitative estimate of drug-likeness (QED) is 0.740. The average molecular weight is 386 g/mol. The Balaban J connectivity index is 1.62. The Kier molecular flexibility index (Phi) is 5.07. The van der Waals surface area contributed by atoms with Crippen molar-refractivity contribution in [2.45, 2.75) is 31.2 Å². The van der Waals surface area contributed by atoms with Gasteiger partial charge in [-0.1, -0.05) is 29.4 Å². The molecule has 3 rings (SSSR count). The van der Waals surface area contributed by atoms with Crippen LogP contribution in [0.2, 0.25) is 0 Å². The zero-order chi connectivity index (χ0) is 19.7. The standard InChI is InChI=1S/C16H17F3N4O4/c1-26-23(14(24)20-9-15(25)6-7-15)8-10-2-4-11(5-3-10)12-21-13(27-22-12)16(17,18)19/h2-5,25H,6-9H2,1H3,(H,20,24). The first-order valence-electron chi connectivity index (χ1n) is 8.02. The molecule has 1 aliphatic carbocycles. The number of benzene rings is 1. The molecule has 1 aromatic heterocycles. The van der Waals surface area contributed by atoms with E-state index in [0.29, 0.717) is 24.0 Å². The summed E-state index contributed by atoms with van der Waals surface area (Å²) in [6.45, 7) is 0.241. The van der Waals surface area contributed by atoms with Crippen LogP contribution in [0.4, 0.5) is 18.0 Å². The molecule has 11 heteroatoms. The van der Waals surface area contributed by atoms with Crippen LogP contribution in [0, 0.1) is 0 Å². The van der Waals surface area contributed by atoms with Gasteiger partial charge in [-0.2, -0.15) is 23.2 Å². The van der Waals surface area contributed by atoms with Gasteiger partial charge in [0, 0.05) is 12.1 Å². The van der Waals surface area contributed by atoms with E-state index in [1.807, 2.05) is 0 Å². The number of aromatic nitrogens is 2. The van der Waals surface area contributed by atoms with Gasteiger partial charge in [-0.3, -0.25) is 4.84 Å². The molecule has 0 bridgehead atoms. The minimum absolute atomic E-state index is 0.0983. The highest BCUT2D eigenvalue weighted by molar-refractivity contribution is 5.73. The molecule has 1 aromatic carbocycles. The third-order valence-corrected chi connectivity index (χ3v) is 4.05. The molecular weight excluding hydrogens is 369 g/mol. The highest BCUT2D eigenvalue weighted by atomic mass is 19.4. The van der Waals surface area contributed by atoms with E-state index in [2.05, 4.69) is 20.0 Å². The monoisotopic (exact) mass is 386 g/mol.